The number of aryl methyl sites for hydroxylation is 1. The maximum Gasteiger partial charge on any atom is 0.182 e. The average molecular weight is 186 g/mol. The molecule has 72 valence electrons. The van der Waals surface area contributed by atoms with E-state index in [1.165, 1.54) is 19.1 Å². The van der Waals surface area contributed by atoms with Crippen LogP contribution in [0.1, 0.15) is 5.56 Å². The molecule has 0 amide bonds. The van der Waals surface area contributed by atoms with E-state index in [4.69, 9.17) is 5.73 Å². The van der Waals surface area contributed by atoms with Gasteiger partial charge in [0.1, 0.15) is 0 Å². The first kappa shape index (κ1) is 9.92. The molecule has 0 aliphatic carbocycles. The third-order valence-corrected chi connectivity index (χ3v) is 1.74. The van der Waals surface area contributed by atoms with Crippen molar-refractivity contribution in [3.8, 4) is 0 Å². The summed E-state index contributed by atoms with van der Waals surface area (Å²) in [5.74, 6) is -1.64. The number of benzene rings is 1. The maximum absolute atomic E-state index is 13.1. The van der Waals surface area contributed by atoms with Crippen LogP contribution in [0.4, 0.5) is 14.5 Å². The van der Waals surface area contributed by atoms with Gasteiger partial charge in [-0.15, -0.1) is 0 Å². The number of nitrogens with one attached hydrogen (secondary N) is 1. The Balaban J connectivity index is 2.90. The molecule has 2 nitrogen and oxygen atoms in total. The zero-order valence-corrected chi connectivity index (χ0v) is 7.40. The van der Waals surface area contributed by atoms with E-state index in [0.29, 0.717) is 18.7 Å². The minimum absolute atomic E-state index is 0.161. The lowest BCUT2D eigenvalue weighted by atomic mass is 10.2. The summed E-state index contributed by atoms with van der Waals surface area (Å²) in [4.78, 5) is 0. The van der Waals surface area contributed by atoms with Crippen LogP contribution in [0.2, 0.25) is 0 Å². The number of halogens is 2. The van der Waals surface area contributed by atoms with Gasteiger partial charge in [0.05, 0.1) is 5.69 Å². The Morgan fingerprint density at radius 3 is 2.62 bits per heavy atom. The van der Waals surface area contributed by atoms with Crippen LogP contribution >= 0.6 is 0 Å². The average Bonchev–Trinajstić information content (AvgIpc) is 2.13. The standard InChI is InChI=1S/C9H12F2N2/c1-6-2-3-7(13-5-4-12)9(11)8(6)10/h2-3,13H,4-5,12H2,1H3. The molecular weight excluding hydrogens is 174 g/mol. The van der Waals surface area contributed by atoms with E-state index in [0.717, 1.165) is 0 Å². The van der Waals surface area contributed by atoms with E-state index < -0.39 is 11.6 Å². The summed E-state index contributed by atoms with van der Waals surface area (Å²) in [6, 6.07) is 3.03. The van der Waals surface area contributed by atoms with Crippen LogP contribution in [0.5, 0.6) is 0 Å². The highest BCUT2D eigenvalue weighted by molar-refractivity contribution is 5.46. The Hall–Kier alpha value is -1.16. The van der Waals surface area contributed by atoms with Gasteiger partial charge in [-0.3, -0.25) is 0 Å². The molecule has 0 fully saturated rings. The van der Waals surface area contributed by atoms with E-state index in [2.05, 4.69) is 5.32 Å². The molecule has 1 aromatic rings. The molecule has 3 N–H and O–H groups in total. The van der Waals surface area contributed by atoms with Crippen LogP contribution < -0.4 is 11.1 Å². The molecule has 0 aromatic heterocycles. The number of anilines is 1. The van der Waals surface area contributed by atoms with E-state index in [1.807, 2.05) is 0 Å². The zero-order valence-electron chi connectivity index (χ0n) is 7.40. The molecule has 0 aliphatic rings. The second-order valence-electron chi connectivity index (χ2n) is 2.77. The molecule has 13 heavy (non-hydrogen) atoms. The maximum atomic E-state index is 13.1. The van der Waals surface area contributed by atoms with Crippen molar-refractivity contribution in [2.24, 2.45) is 5.73 Å². The molecule has 0 saturated heterocycles. The highest BCUT2D eigenvalue weighted by Gasteiger charge is 2.09. The lowest BCUT2D eigenvalue weighted by molar-refractivity contribution is 0.505. The van der Waals surface area contributed by atoms with Crippen LogP contribution in [0.15, 0.2) is 12.1 Å². The van der Waals surface area contributed by atoms with Gasteiger partial charge in [0, 0.05) is 13.1 Å². The van der Waals surface area contributed by atoms with Crippen LogP contribution in [0.3, 0.4) is 0 Å². The Morgan fingerprint density at radius 2 is 2.00 bits per heavy atom. The Morgan fingerprint density at radius 1 is 1.31 bits per heavy atom. The molecule has 0 aliphatic heterocycles. The predicted molar refractivity (Wildman–Crippen MR) is 48.6 cm³/mol. The van der Waals surface area contributed by atoms with E-state index in [-0.39, 0.29) is 5.69 Å². The number of rotatable bonds is 3. The summed E-state index contributed by atoms with van der Waals surface area (Å²) < 4.78 is 26.1. The van der Waals surface area contributed by atoms with Crippen molar-refractivity contribution in [1.29, 1.82) is 0 Å². The van der Waals surface area contributed by atoms with Crippen molar-refractivity contribution in [3.63, 3.8) is 0 Å². The summed E-state index contributed by atoms with van der Waals surface area (Å²) in [5, 5.41) is 2.69. The van der Waals surface area contributed by atoms with Gasteiger partial charge >= 0.3 is 0 Å². The van der Waals surface area contributed by atoms with Gasteiger partial charge in [0.25, 0.3) is 0 Å². The predicted octanol–water partition coefficient (Wildman–Crippen LogP) is 1.64. The summed E-state index contributed by atoms with van der Waals surface area (Å²) in [5.41, 5.74) is 5.68. The van der Waals surface area contributed by atoms with Gasteiger partial charge in [-0.1, -0.05) is 6.07 Å². The van der Waals surface area contributed by atoms with E-state index in [1.54, 1.807) is 0 Å². The van der Waals surface area contributed by atoms with Crippen LogP contribution in [-0.2, 0) is 0 Å². The van der Waals surface area contributed by atoms with Crippen LogP contribution in [-0.4, -0.2) is 13.1 Å². The van der Waals surface area contributed by atoms with Gasteiger partial charge in [-0.25, -0.2) is 8.78 Å². The lowest BCUT2D eigenvalue weighted by Crippen LogP contribution is -2.14. The minimum atomic E-state index is -0.839. The van der Waals surface area contributed by atoms with Crippen LogP contribution in [0, 0.1) is 18.6 Å². The quantitative estimate of drug-likeness (QED) is 0.753. The Bertz CT molecular complexity index is 300. The summed E-state index contributed by atoms with van der Waals surface area (Å²) in [7, 11) is 0. The third kappa shape index (κ3) is 2.15. The molecule has 0 unspecified atom stereocenters. The van der Waals surface area contributed by atoms with E-state index in [9.17, 15) is 8.78 Å². The summed E-state index contributed by atoms with van der Waals surface area (Å²) >= 11 is 0. The normalized spacial score (nSPS) is 10.2. The zero-order chi connectivity index (χ0) is 9.84. The fourth-order valence-electron chi connectivity index (χ4n) is 0.989. The largest absolute Gasteiger partial charge is 0.381 e. The van der Waals surface area contributed by atoms with Gasteiger partial charge in [-0.05, 0) is 18.6 Å². The van der Waals surface area contributed by atoms with Crippen molar-refractivity contribution in [2.45, 2.75) is 6.92 Å². The van der Waals surface area contributed by atoms with Crippen molar-refractivity contribution in [3.05, 3.63) is 29.3 Å². The molecule has 0 spiro atoms. The molecule has 1 rings (SSSR count). The topological polar surface area (TPSA) is 38.0 Å². The Labute approximate surface area is 75.7 Å². The SMILES string of the molecule is Cc1ccc(NCCN)c(F)c1F. The van der Waals surface area contributed by atoms with Crippen molar-refractivity contribution >= 4 is 5.69 Å². The number of nitrogens with two attached hydrogens (primary N) is 1. The highest BCUT2D eigenvalue weighted by Crippen LogP contribution is 2.19. The molecule has 4 heteroatoms. The number of hydrogen-bond acceptors (Lipinski definition) is 2. The first-order valence-corrected chi connectivity index (χ1v) is 4.05. The van der Waals surface area contributed by atoms with Crippen molar-refractivity contribution in [1.82, 2.24) is 0 Å². The van der Waals surface area contributed by atoms with Gasteiger partial charge < -0.3 is 11.1 Å². The lowest BCUT2D eigenvalue weighted by Gasteiger charge is -2.07. The smallest absolute Gasteiger partial charge is 0.182 e. The molecule has 0 bridgehead atoms. The molecule has 0 radical (unpaired) electrons. The molecular formula is C9H12F2N2. The molecule has 0 atom stereocenters. The Kier molecular flexibility index (Phi) is 3.19. The summed E-state index contributed by atoms with van der Waals surface area (Å²) in [6.45, 7) is 2.33. The second-order valence-corrected chi connectivity index (χ2v) is 2.77. The van der Waals surface area contributed by atoms with Crippen molar-refractivity contribution in [2.75, 3.05) is 18.4 Å². The fraction of sp³-hybridized carbons (Fsp3) is 0.333. The first-order valence-electron chi connectivity index (χ1n) is 4.05. The monoisotopic (exact) mass is 186 g/mol. The van der Waals surface area contributed by atoms with Crippen molar-refractivity contribution < 1.29 is 8.78 Å². The summed E-state index contributed by atoms with van der Waals surface area (Å²) in [6.07, 6.45) is 0. The first-order chi connectivity index (χ1) is 6.16. The molecule has 0 heterocycles. The van der Waals surface area contributed by atoms with Gasteiger partial charge in [0.15, 0.2) is 11.6 Å². The fourth-order valence-corrected chi connectivity index (χ4v) is 0.989. The minimum Gasteiger partial charge on any atom is -0.381 e. The van der Waals surface area contributed by atoms with Gasteiger partial charge in [-0.2, -0.15) is 0 Å². The second kappa shape index (κ2) is 4.18. The third-order valence-electron chi connectivity index (χ3n) is 1.74. The molecule has 1 aromatic carbocycles. The highest BCUT2D eigenvalue weighted by atomic mass is 19.2. The molecule has 0 saturated carbocycles. The number of hydrogen-bond donors (Lipinski definition) is 2. The van der Waals surface area contributed by atoms with Crippen LogP contribution in [0.25, 0.3) is 0 Å². The van der Waals surface area contributed by atoms with Gasteiger partial charge in [0.2, 0.25) is 0 Å². The van der Waals surface area contributed by atoms with E-state index >= 15 is 0 Å².